The molecule has 160 valence electrons. The fraction of sp³-hybridized carbons (Fsp3) is 0.480. The molecule has 0 bridgehead atoms. The lowest BCUT2D eigenvalue weighted by Gasteiger charge is -2.14. The Morgan fingerprint density at radius 3 is 2.21 bits per heavy atom. The summed E-state index contributed by atoms with van der Waals surface area (Å²) < 4.78 is 5.86. The fourth-order valence-electron chi connectivity index (χ4n) is 3.33. The zero-order chi connectivity index (χ0) is 21.8. The first-order valence-corrected chi connectivity index (χ1v) is 10.9. The van der Waals surface area contributed by atoms with Gasteiger partial charge >= 0.3 is 0 Å². The van der Waals surface area contributed by atoms with Crippen molar-refractivity contribution in [1.82, 2.24) is 0 Å². The molecule has 0 aliphatic heterocycles. The number of phenolic OH excluding ortho intramolecular Hbond substituents is 2. The monoisotopic (exact) mass is 400 g/mol. The molecule has 0 saturated heterocycles. The molecule has 0 radical (unpaired) electrons. The quantitative estimate of drug-likeness (QED) is 0.532. The smallest absolute Gasteiger partial charge is 0.196 e. The first kappa shape index (κ1) is 24.5. The first-order chi connectivity index (χ1) is 14.1. The highest BCUT2D eigenvalue weighted by atomic mass is 16.5. The molecule has 4 nitrogen and oxygen atoms in total. The van der Waals surface area contributed by atoms with Gasteiger partial charge in [0.05, 0.1) is 11.7 Å². The number of carbonyl (C=O) groups excluding carboxylic acids is 1. The van der Waals surface area contributed by atoms with Crippen LogP contribution in [0.3, 0.4) is 0 Å². The molecule has 0 aromatic heterocycles. The number of aryl methyl sites for hydroxylation is 1. The molecule has 0 atom stereocenters. The normalized spacial score (nSPS) is 13.0. The molecule has 0 unspecified atom stereocenters. The van der Waals surface area contributed by atoms with Gasteiger partial charge in [-0.2, -0.15) is 0 Å². The molecule has 1 fully saturated rings. The zero-order valence-electron chi connectivity index (χ0n) is 18.5. The third kappa shape index (κ3) is 6.81. The zero-order valence-corrected chi connectivity index (χ0v) is 18.5. The Labute approximate surface area is 175 Å². The van der Waals surface area contributed by atoms with Gasteiger partial charge in [-0.25, -0.2) is 0 Å². The van der Waals surface area contributed by atoms with Gasteiger partial charge in [0.1, 0.15) is 17.2 Å². The van der Waals surface area contributed by atoms with E-state index in [0.717, 1.165) is 24.8 Å². The maximum absolute atomic E-state index is 12.7. The second-order valence-electron chi connectivity index (χ2n) is 6.63. The number of hydrogen-bond acceptors (Lipinski definition) is 4. The lowest BCUT2D eigenvalue weighted by atomic mass is 9.98. The number of aromatic hydroxyl groups is 2. The number of benzene rings is 2. The van der Waals surface area contributed by atoms with Gasteiger partial charge in [0, 0.05) is 11.6 Å². The summed E-state index contributed by atoms with van der Waals surface area (Å²) >= 11 is 0. The van der Waals surface area contributed by atoms with Crippen molar-refractivity contribution in [2.24, 2.45) is 0 Å². The van der Waals surface area contributed by atoms with E-state index < -0.39 is 0 Å². The van der Waals surface area contributed by atoms with Crippen molar-refractivity contribution in [3.8, 4) is 17.2 Å². The largest absolute Gasteiger partial charge is 0.508 e. The van der Waals surface area contributed by atoms with Crippen molar-refractivity contribution in [3.05, 3.63) is 53.1 Å². The topological polar surface area (TPSA) is 66.8 Å². The van der Waals surface area contributed by atoms with Gasteiger partial charge in [0.2, 0.25) is 0 Å². The minimum absolute atomic E-state index is 0.0781. The summed E-state index contributed by atoms with van der Waals surface area (Å²) in [5, 5.41) is 20.1. The van der Waals surface area contributed by atoms with Crippen LogP contribution in [0.25, 0.3) is 0 Å². The minimum Gasteiger partial charge on any atom is -0.508 e. The Hall–Kier alpha value is -2.49. The van der Waals surface area contributed by atoms with E-state index in [1.165, 1.54) is 25.0 Å². The van der Waals surface area contributed by atoms with E-state index >= 15 is 0 Å². The summed E-state index contributed by atoms with van der Waals surface area (Å²) in [6.07, 6.45) is 6.21. The molecule has 2 N–H and O–H groups in total. The molecule has 2 aromatic rings. The van der Waals surface area contributed by atoms with Crippen molar-refractivity contribution in [2.75, 3.05) is 0 Å². The third-order valence-corrected chi connectivity index (χ3v) is 4.68. The van der Waals surface area contributed by atoms with Gasteiger partial charge in [-0.05, 0) is 68.0 Å². The Balaban J connectivity index is 0.000000989. The fourth-order valence-corrected chi connectivity index (χ4v) is 3.33. The number of phenols is 2. The van der Waals surface area contributed by atoms with Gasteiger partial charge in [0.25, 0.3) is 0 Å². The van der Waals surface area contributed by atoms with Crippen molar-refractivity contribution in [1.29, 1.82) is 0 Å². The van der Waals surface area contributed by atoms with Crippen molar-refractivity contribution >= 4 is 5.78 Å². The lowest BCUT2D eigenvalue weighted by Crippen LogP contribution is -2.11. The van der Waals surface area contributed by atoms with Crippen LogP contribution in [0.2, 0.25) is 0 Å². The third-order valence-electron chi connectivity index (χ3n) is 4.68. The van der Waals surface area contributed by atoms with Gasteiger partial charge in [0.15, 0.2) is 5.78 Å². The standard InChI is InChI=1S/C21H24O4.2C2H6/c1-2-5-14-12-15(8-11-19(14)22)21(24)18-10-9-17(13-20(18)23)25-16-6-3-4-7-16;2*1-2/h8-13,16,22-23H,2-7H2,1H3;2*1-2H3. The summed E-state index contributed by atoms with van der Waals surface area (Å²) in [5.41, 5.74) is 1.45. The van der Waals surface area contributed by atoms with Crippen molar-refractivity contribution in [3.63, 3.8) is 0 Å². The van der Waals surface area contributed by atoms with E-state index in [1.54, 1.807) is 24.3 Å². The van der Waals surface area contributed by atoms with E-state index in [2.05, 4.69) is 0 Å². The van der Waals surface area contributed by atoms with Crippen LogP contribution in [-0.4, -0.2) is 22.1 Å². The summed E-state index contributed by atoms with van der Waals surface area (Å²) in [6, 6.07) is 9.67. The molecule has 1 aliphatic carbocycles. The lowest BCUT2D eigenvalue weighted by molar-refractivity contribution is 0.103. The van der Waals surface area contributed by atoms with Crippen LogP contribution in [0.1, 0.15) is 88.2 Å². The summed E-state index contributed by atoms with van der Waals surface area (Å²) in [7, 11) is 0. The highest BCUT2D eigenvalue weighted by molar-refractivity contribution is 6.10. The highest BCUT2D eigenvalue weighted by Crippen LogP contribution is 2.30. The predicted molar refractivity (Wildman–Crippen MR) is 119 cm³/mol. The van der Waals surface area contributed by atoms with E-state index in [9.17, 15) is 15.0 Å². The van der Waals surface area contributed by atoms with Crippen LogP contribution < -0.4 is 4.74 Å². The van der Waals surface area contributed by atoms with Crippen LogP contribution >= 0.6 is 0 Å². The molecule has 0 spiro atoms. The van der Waals surface area contributed by atoms with E-state index in [1.807, 2.05) is 34.6 Å². The maximum Gasteiger partial charge on any atom is 0.196 e. The minimum atomic E-state index is -0.262. The molecule has 2 aromatic carbocycles. The van der Waals surface area contributed by atoms with Gasteiger partial charge in [-0.15, -0.1) is 0 Å². The van der Waals surface area contributed by atoms with Crippen LogP contribution in [0.15, 0.2) is 36.4 Å². The van der Waals surface area contributed by atoms with Gasteiger partial charge < -0.3 is 14.9 Å². The molecule has 3 rings (SSSR count). The van der Waals surface area contributed by atoms with Gasteiger partial charge in [-0.1, -0.05) is 41.0 Å². The number of carbonyl (C=O) groups is 1. The summed E-state index contributed by atoms with van der Waals surface area (Å²) in [6.45, 7) is 10.0. The Morgan fingerprint density at radius 1 is 0.966 bits per heavy atom. The molecular weight excluding hydrogens is 364 g/mol. The predicted octanol–water partition coefficient (Wildman–Crippen LogP) is 6.66. The molecule has 1 aliphatic rings. The Kier molecular flexibility index (Phi) is 10.9. The number of rotatable bonds is 6. The number of ether oxygens (including phenoxy) is 1. The number of hydrogen-bond donors (Lipinski definition) is 2. The van der Waals surface area contributed by atoms with Crippen LogP contribution in [-0.2, 0) is 6.42 Å². The molecule has 0 amide bonds. The SMILES string of the molecule is CC.CC.CCCc1cc(C(=O)c2ccc(OC3CCCC3)cc2O)ccc1O. The van der Waals surface area contributed by atoms with E-state index in [0.29, 0.717) is 17.7 Å². The Bertz CT molecular complexity index is 761. The van der Waals surface area contributed by atoms with Crippen LogP contribution in [0.4, 0.5) is 0 Å². The summed E-state index contributed by atoms with van der Waals surface area (Å²) in [5.74, 6) is 0.453. The average molecular weight is 401 g/mol. The molecule has 4 heteroatoms. The van der Waals surface area contributed by atoms with Gasteiger partial charge in [-0.3, -0.25) is 4.79 Å². The second-order valence-corrected chi connectivity index (χ2v) is 6.63. The van der Waals surface area contributed by atoms with Crippen molar-refractivity contribution in [2.45, 2.75) is 79.2 Å². The summed E-state index contributed by atoms with van der Waals surface area (Å²) in [4.78, 5) is 12.7. The van der Waals surface area contributed by atoms with Crippen LogP contribution in [0, 0.1) is 0 Å². The van der Waals surface area contributed by atoms with E-state index in [4.69, 9.17) is 4.74 Å². The van der Waals surface area contributed by atoms with E-state index in [-0.39, 0.29) is 28.9 Å². The number of ketones is 1. The second kappa shape index (κ2) is 12.9. The highest BCUT2D eigenvalue weighted by Gasteiger charge is 2.19. The molecule has 1 saturated carbocycles. The first-order valence-electron chi connectivity index (χ1n) is 10.9. The molecule has 29 heavy (non-hydrogen) atoms. The van der Waals surface area contributed by atoms with Crippen LogP contribution in [0.5, 0.6) is 17.2 Å². The molecular formula is C25H36O4. The average Bonchev–Trinajstić information content (AvgIpc) is 3.25. The Morgan fingerprint density at radius 2 is 1.62 bits per heavy atom. The molecule has 0 heterocycles. The van der Waals surface area contributed by atoms with Crippen molar-refractivity contribution < 1.29 is 19.7 Å². The maximum atomic E-state index is 12.7.